The van der Waals surface area contributed by atoms with E-state index in [1.807, 2.05) is 0 Å². The van der Waals surface area contributed by atoms with Crippen LogP contribution in [0.3, 0.4) is 0 Å². The van der Waals surface area contributed by atoms with E-state index in [9.17, 15) is 14.4 Å². The largest absolute Gasteiger partial charge is 0.481 e. The minimum Gasteiger partial charge on any atom is -0.481 e. The molecule has 0 spiro atoms. The average Bonchev–Trinajstić information content (AvgIpc) is 2.41. The van der Waals surface area contributed by atoms with Crippen molar-refractivity contribution in [1.82, 2.24) is 4.57 Å². The molecule has 0 aliphatic rings. The molecule has 6 nitrogen and oxygen atoms in total. The van der Waals surface area contributed by atoms with Gasteiger partial charge in [-0.2, -0.15) is 0 Å². The zero-order valence-corrected chi connectivity index (χ0v) is 10.9. The predicted molar refractivity (Wildman–Crippen MR) is 72.8 cm³/mol. The molecule has 106 valence electrons. The van der Waals surface area contributed by atoms with Crippen molar-refractivity contribution >= 4 is 16.9 Å². The summed E-state index contributed by atoms with van der Waals surface area (Å²) in [4.78, 5) is 33.7. The van der Waals surface area contributed by atoms with Crippen LogP contribution in [0, 0.1) is 0 Å². The Morgan fingerprint density at radius 3 is 2.65 bits per heavy atom. The fourth-order valence-corrected chi connectivity index (χ4v) is 2.10. The summed E-state index contributed by atoms with van der Waals surface area (Å²) in [6.45, 7) is 0.406. The highest BCUT2D eigenvalue weighted by atomic mass is 16.4. The monoisotopic (exact) mass is 277 g/mol. The Labute approximate surface area is 114 Å². The molecule has 1 N–H and O–H groups in total. The van der Waals surface area contributed by atoms with E-state index in [1.165, 1.54) is 4.57 Å². The van der Waals surface area contributed by atoms with E-state index < -0.39 is 17.4 Å². The SMILES string of the molecule is O=C(O)CCCCCn1c(=O)oc(=O)c2ccccc21. The highest BCUT2D eigenvalue weighted by Gasteiger charge is 2.08. The summed E-state index contributed by atoms with van der Waals surface area (Å²) >= 11 is 0. The van der Waals surface area contributed by atoms with Gasteiger partial charge in [-0.3, -0.25) is 9.36 Å². The number of aryl methyl sites for hydroxylation is 1. The highest BCUT2D eigenvalue weighted by Crippen LogP contribution is 2.09. The first-order chi connectivity index (χ1) is 9.59. The topological polar surface area (TPSA) is 89.5 Å². The van der Waals surface area contributed by atoms with E-state index in [0.717, 1.165) is 0 Å². The Kier molecular flexibility index (Phi) is 4.34. The van der Waals surface area contributed by atoms with E-state index in [2.05, 4.69) is 4.42 Å². The number of nitrogens with zero attached hydrogens (tertiary/aromatic N) is 1. The van der Waals surface area contributed by atoms with Gasteiger partial charge in [0.15, 0.2) is 0 Å². The third kappa shape index (κ3) is 3.14. The summed E-state index contributed by atoms with van der Waals surface area (Å²) in [5, 5.41) is 8.91. The van der Waals surface area contributed by atoms with Gasteiger partial charge in [0, 0.05) is 13.0 Å². The number of hydrogen-bond donors (Lipinski definition) is 1. The van der Waals surface area contributed by atoms with E-state index in [1.54, 1.807) is 24.3 Å². The van der Waals surface area contributed by atoms with Gasteiger partial charge in [0.1, 0.15) is 0 Å². The van der Waals surface area contributed by atoms with Gasteiger partial charge in [0.05, 0.1) is 10.9 Å². The Hall–Kier alpha value is -2.37. The molecular formula is C14H15NO5. The van der Waals surface area contributed by atoms with Crippen LogP contribution in [-0.4, -0.2) is 15.6 Å². The predicted octanol–water partition coefficient (Wildman–Crippen LogP) is 1.60. The number of aliphatic carboxylic acids is 1. The van der Waals surface area contributed by atoms with E-state index in [4.69, 9.17) is 5.11 Å². The van der Waals surface area contributed by atoms with Crippen molar-refractivity contribution in [2.24, 2.45) is 0 Å². The third-order valence-corrected chi connectivity index (χ3v) is 3.09. The fourth-order valence-electron chi connectivity index (χ4n) is 2.10. The first kappa shape index (κ1) is 14.0. The van der Waals surface area contributed by atoms with Crippen molar-refractivity contribution in [3.8, 4) is 0 Å². The molecule has 0 unspecified atom stereocenters. The quantitative estimate of drug-likeness (QED) is 0.810. The Morgan fingerprint density at radius 1 is 1.15 bits per heavy atom. The Bertz CT molecular complexity index is 728. The molecule has 0 bridgehead atoms. The van der Waals surface area contributed by atoms with Crippen LogP contribution in [0.4, 0.5) is 0 Å². The third-order valence-electron chi connectivity index (χ3n) is 3.09. The molecule has 1 heterocycles. The minimum atomic E-state index is -0.821. The maximum absolute atomic E-state index is 11.7. The molecule has 20 heavy (non-hydrogen) atoms. The molecule has 6 heteroatoms. The van der Waals surface area contributed by atoms with Gasteiger partial charge in [-0.25, -0.2) is 9.59 Å². The Morgan fingerprint density at radius 2 is 1.90 bits per heavy atom. The molecule has 1 aromatic carbocycles. The average molecular weight is 277 g/mol. The van der Waals surface area contributed by atoms with Gasteiger partial charge in [0.2, 0.25) is 0 Å². The van der Waals surface area contributed by atoms with Gasteiger partial charge in [0.25, 0.3) is 0 Å². The molecule has 0 radical (unpaired) electrons. The van der Waals surface area contributed by atoms with Crippen molar-refractivity contribution < 1.29 is 14.3 Å². The number of aromatic nitrogens is 1. The standard InChI is InChI=1S/C14H15NO5/c16-12(17)8-2-1-5-9-15-11-7-4-3-6-10(11)13(18)20-14(15)19/h3-4,6-7H,1-2,5,8-9H2,(H,16,17). The number of carboxylic acids is 1. The van der Waals surface area contributed by atoms with Crippen molar-refractivity contribution in [3.63, 3.8) is 0 Å². The molecule has 0 saturated carbocycles. The zero-order chi connectivity index (χ0) is 14.5. The number of unbranched alkanes of at least 4 members (excludes halogenated alkanes) is 2. The summed E-state index contributed by atoms with van der Waals surface area (Å²) in [7, 11) is 0. The molecule has 0 amide bonds. The molecule has 2 rings (SSSR count). The number of carboxylic acid groups (broad SMARTS) is 1. The molecule has 1 aromatic heterocycles. The van der Waals surface area contributed by atoms with Gasteiger partial charge in [-0.05, 0) is 25.0 Å². The first-order valence-electron chi connectivity index (χ1n) is 6.44. The van der Waals surface area contributed by atoms with Crippen LogP contribution in [0.1, 0.15) is 25.7 Å². The van der Waals surface area contributed by atoms with Crippen molar-refractivity contribution in [1.29, 1.82) is 0 Å². The lowest BCUT2D eigenvalue weighted by Crippen LogP contribution is -2.25. The number of hydrogen-bond acceptors (Lipinski definition) is 4. The number of carbonyl (C=O) groups is 1. The molecule has 0 fully saturated rings. The van der Waals surface area contributed by atoms with E-state index >= 15 is 0 Å². The smallest absolute Gasteiger partial charge is 0.422 e. The minimum absolute atomic E-state index is 0.125. The lowest BCUT2D eigenvalue weighted by molar-refractivity contribution is -0.137. The van der Waals surface area contributed by atoms with Crippen LogP contribution in [-0.2, 0) is 11.3 Å². The summed E-state index contributed by atoms with van der Waals surface area (Å²) < 4.78 is 6.09. The Balaban J connectivity index is 2.16. The second-order valence-corrected chi connectivity index (χ2v) is 4.53. The number of benzene rings is 1. The normalized spacial score (nSPS) is 10.8. The maximum Gasteiger partial charge on any atom is 0.422 e. The lowest BCUT2D eigenvalue weighted by Gasteiger charge is -2.07. The molecule has 0 aliphatic carbocycles. The molecular weight excluding hydrogens is 262 g/mol. The zero-order valence-electron chi connectivity index (χ0n) is 10.9. The molecule has 0 aliphatic heterocycles. The number of para-hydroxylation sites is 1. The number of rotatable bonds is 6. The van der Waals surface area contributed by atoms with Crippen LogP contribution in [0.2, 0.25) is 0 Å². The van der Waals surface area contributed by atoms with Crippen LogP contribution in [0.15, 0.2) is 38.3 Å². The van der Waals surface area contributed by atoms with Crippen LogP contribution in [0.5, 0.6) is 0 Å². The lowest BCUT2D eigenvalue weighted by atomic mass is 10.2. The van der Waals surface area contributed by atoms with Gasteiger partial charge < -0.3 is 9.52 Å². The van der Waals surface area contributed by atoms with Crippen LogP contribution in [0.25, 0.3) is 10.9 Å². The first-order valence-corrected chi connectivity index (χ1v) is 6.44. The summed E-state index contributed by atoms with van der Waals surface area (Å²) in [6.07, 6.45) is 2.05. The fraction of sp³-hybridized carbons (Fsp3) is 0.357. The van der Waals surface area contributed by atoms with Crippen molar-refractivity contribution in [2.45, 2.75) is 32.2 Å². The molecule has 0 atom stereocenters. The summed E-state index contributed by atoms with van der Waals surface area (Å²) in [6, 6.07) is 6.77. The van der Waals surface area contributed by atoms with Crippen LogP contribution < -0.4 is 11.4 Å². The highest BCUT2D eigenvalue weighted by molar-refractivity contribution is 5.77. The van der Waals surface area contributed by atoms with E-state index in [-0.39, 0.29) is 6.42 Å². The molecule has 2 aromatic rings. The van der Waals surface area contributed by atoms with Crippen molar-refractivity contribution in [3.05, 3.63) is 45.2 Å². The van der Waals surface area contributed by atoms with Crippen molar-refractivity contribution in [2.75, 3.05) is 0 Å². The number of fused-ring (bicyclic) bond motifs is 1. The van der Waals surface area contributed by atoms with Gasteiger partial charge in [-0.15, -0.1) is 0 Å². The summed E-state index contributed by atoms with van der Waals surface area (Å²) in [5.41, 5.74) is -0.0836. The molecule has 0 saturated heterocycles. The van der Waals surface area contributed by atoms with Gasteiger partial charge in [-0.1, -0.05) is 18.6 Å². The van der Waals surface area contributed by atoms with Gasteiger partial charge >= 0.3 is 17.4 Å². The second kappa shape index (κ2) is 6.18. The maximum atomic E-state index is 11.7. The summed E-state index contributed by atoms with van der Waals surface area (Å²) in [5.74, 6) is -1.50. The second-order valence-electron chi connectivity index (χ2n) is 4.53. The van der Waals surface area contributed by atoms with E-state index in [0.29, 0.717) is 36.7 Å². The van der Waals surface area contributed by atoms with Crippen LogP contribution >= 0.6 is 0 Å².